The summed E-state index contributed by atoms with van der Waals surface area (Å²) in [5, 5.41) is 8.49. The number of hydrogen-bond donors (Lipinski definition) is 1. The number of benzene rings is 2. The molecule has 0 aliphatic heterocycles. The maximum Gasteiger partial charge on any atom is 0.405 e. The normalized spacial score (nSPS) is 10.7. The highest BCUT2D eigenvalue weighted by Crippen LogP contribution is 2.28. The fraction of sp³-hybridized carbons (Fsp3) is 0.222. The minimum absolute atomic E-state index is 0.0307. The van der Waals surface area contributed by atoms with Crippen molar-refractivity contribution in [2.24, 2.45) is 5.73 Å². The largest absolute Gasteiger partial charge is 0.479 e. The van der Waals surface area contributed by atoms with Gasteiger partial charge in [0.2, 0.25) is 0 Å². The van der Waals surface area contributed by atoms with Crippen molar-refractivity contribution in [3.05, 3.63) is 54.1 Å². The Hall–Kier alpha value is -3.00. The fourth-order valence-electron chi connectivity index (χ4n) is 2.23. The molecule has 0 bridgehead atoms. The molecule has 5 nitrogen and oxygen atoms in total. The van der Waals surface area contributed by atoms with Crippen LogP contribution in [0.5, 0.6) is 5.75 Å². The average Bonchev–Trinajstić information content (AvgIpc) is 2.52. The first kappa shape index (κ1) is 16.4. The first-order valence-electron chi connectivity index (χ1n) is 7.11. The smallest absolute Gasteiger partial charge is 0.405 e. The maximum atomic E-state index is 11.0. The lowest BCUT2D eigenvalue weighted by Crippen LogP contribution is -2.28. The van der Waals surface area contributed by atoms with E-state index in [0.29, 0.717) is 5.75 Å². The van der Waals surface area contributed by atoms with Gasteiger partial charge in [-0.3, -0.25) is 0 Å². The predicted octanol–water partition coefficient (Wildman–Crippen LogP) is 3.59. The topological polar surface area (TPSA) is 85.3 Å². The molecule has 0 heterocycles. The molecular weight excluding hydrogens is 292 g/mol. The molecule has 1 amide bonds. The lowest BCUT2D eigenvalue weighted by atomic mass is 9.95. The Kier molecular flexibility index (Phi) is 4.87. The summed E-state index contributed by atoms with van der Waals surface area (Å²) < 4.78 is 10.3. The van der Waals surface area contributed by atoms with E-state index in [4.69, 9.17) is 20.5 Å². The number of primary amides is 1. The SMILES string of the molecule is CC(C)(OC(N)=O)c1ccc(-c2ccc(OCC#N)cc2)cc1. The van der Waals surface area contributed by atoms with Crippen LogP contribution in [0.15, 0.2) is 48.5 Å². The minimum atomic E-state index is -0.799. The van der Waals surface area contributed by atoms with Crippen LogP contribution in [0, 0.1) is 11.3 Å². The standard InChI is InChI=1S/C18H18N2O3/c1-18(2,23-17(20)21)15-7-3-13(4-8-15)14-5-9-16(10-6-14)22-12-11-19/h3-10H,12H2,1-2H3,(H2,20,21). The lowest BCUT2D eigenvalue weighted by Gasteiger charge is -2.24. The summed E-state index contributed by atoms with van der Waals surface area (Å²) >= 11 is 0. The van der Waals surface area contributed by atoms with Crippen molar-refractivity contribution >= 4 is 6.09 Å². The molecule has 0 fully saturated rings. The predicted molar refractivity (Wildman–Crippen MR) is 86.7 cm³/mol. The van der Waals surface area contributed by atoms with E-state index in [1.807, 2.05) is 54.6 Å². The number of ether oxygens (including phenoxy) is 2. The summed E-state index contributed by atoms with van der Waals surface area (Å²) in [6.45, 7) is 3.60. The Morgan fingerprint density at radius 2 is 1.61 bits per heavy atom. The molecule has 0 spiro atoms. The van der Waals surface area contributed by atoms with Crippen molar-refractivity contribution in [2.45, 2.75) is 19.4 Å². The number of nitrogens with two attached hydrogens (primary N) is 1. The van der Waals surface area contributed by atoms with Gasteiger partial charge in [-0.1, -0.05) is 36.4 Å². The Labute approximate surface area is 135 Å². The molecule has 2 aromatic rings. The second-order valence-corrected chi connectivity index (χ2v) is 5.48. The molecule has 5 heteroatoms. The molecule has 0 aromatic heterocycles. The highest BCUT2D eigenvalue weighted by Gasteiger charge is 2.24. The molecular formula is C18H18N2O3. The van der Waals surface area contributed by atoms with Crippen LogP contribution < -0.4 is 10.5 Å². The van der Waals surface area contributed by atoms with E-state index in [2.05, 4.69) is 0 Å². The van der Waals surface area contributed by atoms with E-state index in [0.717, 1.165) is 16.7 Å². The van der Waals surface area contributed by atoms with Crippen molar-refractivity contribution < 1.29 is 14.3 Å². The molecule has 0 aliphatic rings. The summed E-state index contributed by atoms with van der Waals surface area (Å²) in [4.78, 5) is 11.0. The number of amides is 1. The zero-order valence-electron chi connectivity index (χ0n) is 13.1. The van der Waals surface area contributed by atoms with Gasteiger partial charge < -0.3 is 15.2 Å². The van der Waals surface area contributed by atoms with E-state index in [9.17, 15) is 4.79 Å². The maximum absolute atomic E-state index is 11.0. The fourth-order valence-corrected chi connectivity index (χ4v) is 2.23. The van der Waals surface area contributed by atoms with Crippen molar-refractivity contribution in [1.82, 2.24) is 0 Å². The molecule has 2 aromatic carbocycles. The van der Waals surface area contributed by atoms with Gasteiger partial charge in [0.25, 0.3) is 0 Å². The molecule has 2 N–H and O–H groups in total. The van der Waals surface area contributed by atoms with Crippen LogP contribution in [0.2, 0.25) is 0 Å². The van der Waals surface area contributed by atoms with Crippen molar-refractivity contribution in [3.8, 4) is 22.9 Å². The summed E-state index contributed by atoms with van der Waals surface area (Å²) in [5.74, 6) is 0.655. The van der Waals surface area contributed by atoms with Gasteiger partial charge in [-0.2, -0.15) is 5.26 Å². The third-order valence-corrected chi connectivity index (χ3v) is 3.43. The van der Waals surface area contributed by atoms with E-state index >= 15 is 0 Å². The Bertz CT molecular complexity index is 713. The van der Waals surface area contributed by atoms with Gasteiger partial charge in [0.1, 0.15) is 17.4 Å². The van der Waals surface area contributed by atoms with E-state index in [-0.39, 0.29) is 6.61 Å². The number of nitriles is 1. The summed E-state index contributed by atoms with van der Waals surface area (Å²) in [5.41, 5.74) is 7.22. The second-order valence-electron chi connectivity index (χ2n) is 5.48. The second kappa shape index (κ2) is 6.84. The monoisotopic (exact) mass is 310 g/mol. The third-order valence-electron chi connectivity index (χ3n) is 3.43. The highest BCUT2D eigenvalue weighted by atomic mass is 16.6. The Balaban J connectivity index is 2.16. The zero-order chi connectivity index (χ0) is 16.9. The highest BCUT2D eigenvalue weighted by molar-refractivity contribution is 5.66. The van der Waals surface area contributed by atoms with Crippen LogP contribution in [-0.2, 0) is 10.3 Å². The number of hydrogen-bond acceptors (Lipinski definition) is 4. The van der Waals surface area contributed by atoms with E-state index in [1.165, 1.54) is 0 Å². The number of carbonyl (C=O) groups is 1. The number of carbonyl (C=O) groups excluding carboxylic acids is 1. The van der Waals surface area contributed by atoms with E-state index in [1.54, 1.807) is 13.8 Å². The van der Waals surface area contributed by atoms with Crippen LogP contribution in [0.25, 0.3) is 11.1 Å². The molecule has 0 saturated heterocycles. The van der Waals surface area contributed by atoms with Gasteiger partial charge in [0, 0.05) is 0 Å². The van der Waals surface area contributed by atoms with Gasteiger partial charge in [-0.25, -0.2) is 4.79 Å². The van der Waals surface area contributed by atoms with Crippen LogP contribution >= 0.6 is 0 Å². The van der Waals surface area contributed by atoms with Crippen LogP contribution in [0.3, 0.4) is 0 Å². The molecule has 118 valence electrons. The molecule has 0 aliphatic carbocycles. The number of nitrogens with zero attached hydrogens (tertiary/aromatic N) is 1. The number of rotatable bonds is 5. The van der Waals surface area contributed by atoms with E-state index < -0.39 is 11.7 Å². The average molecular weight is 310 g/mol. The summed E-state index contributed by atoms with van der Waals surface area (Å²) in [7, 11) is 0. The van der Waals surface area contributed by atoms with Crippen molar-refractivity contribution in [3.63, 3.8) is 0 Å². The minimum Gasteiger partial charge on any atom is -0.479 e. The van der Waals surface area contributed by atoms with Gasteiger partial charge in [-0.05, 0) is 42.7 Å². The summed E-state index contributed by atoms with van der Waals surface area (Å²) in [6, 6.07) is 17.1. The molecule has 0 atom stereocenters. The van der Waals surface area contributed by atoms with Crippen molar-refractivity contribution in [1.29, 1.82) is 5.26 Å². The van der Waals surface area contributed by atoms with Gasteiger partial charge in [0.15, 0.2) is 6.61 Å². The van der Waals surface area contributed by atoms with Gasteiger partial charge >= 0.3 is 6.09 Å². The molecule has 0 unspecified atom stereocenters. The molecule has 0 saturated carbocycles. The first-order chi connectivity index (χ1) is 10.9. The van der Waals surface area contributed by atoms with Crippen LogP contribution in [0.4, 0.5) is 4.79 Å². The van der Waals surface area contributed by atoms with Crippen LogP contribution in [0.1, 0.15) is 19.4 Å². The van der Waals surface area contributed by atoms with Crippen molar-refractivity contribution in [2.75, 3.05) is 6.61 Å². The Morgan fingerprint density at radius 3 is 2.09 bits per heavy atom. The summed E-state index contributed by atoms with van der Waals surface area (Å²) in [6.07, 6.45) is -0.799. The lowest BCUT2D eigenvalue weighted by molar-refractivity contribution is 0.0432. The molecule has 2 rings (SSSR count). The van der Waals surface area contributed by atoms with Crippen LogP contribution in [-0.4, -0.2) is 12.7 Å². The first-order valence-corrected chi connectivity index (χ1v) is 7.11. The Morgan fingerprint density at radius 1 is 1.09 bits per heavy atom. The third kappa shape index (κ3) is 4.24. The molecule has 0 radical (unpaired) electrons. The van der Waals surface area contributed by atoms with Gasteiger partial charge in [-0.15, -0.1) is 0 Å². The zero-order valence-corrected chi connectivity index (χ0v) is 13.1. The molecule has 23 heavy (non-hydrogen) atoms. The quantitative estimate of drug-likeness (QED) is 0.914. The van der Waals surface area contributed by atoms with Gasteiger partial charge in [0.05, 0.1) is 0 Å².